The van der Waals surface area contributed by atoms with E-state index in [9.17, 15) is 4.79 Å². The summed E-state index contributed by atoms with van der Waals surface area (Å²) in [5.74, 6) is 0. The summed E-state index contributed by atoms with van der Waals surface area (Å²) in [6.45, 7) is 2.76. The van der Waals surface area contributed by atoms with E-state index in [1.54, 1.807) is 0 Å². The molecule has 74 valence electrons. The SMILES string of the molecule is CC[C@@]1(c2ccccc2)CNC(=O)N1. The van der Waals surface area contributed by atoms with Gasteiger partial charge in [-0.15, -0.1) is 0 Å². The lowest BCUT2D eigenvalue weighted by atomic mass is 9.88. The van der Waals surface area contributed by atoms with E-state index < -0.39 is 0 Å². The van der Waals surface area contributed by atoms with Crippen molar-refractivity contribution in [1.29, 1.82) is 0 Å². The zero-order valence-corrected chi connectivity index (χ0v) is 8.21. The number of benzene rings is 1. The molecule has 2 rings (SSSR count). The van der Waals surface area contributed by atoms with Crippen molar-refractivity contribution in [2.24, 2.45) is 0 Å². The third-order valence-corrected chi connectivity index (χ3v) is 2.83. The molecule has 3 nitrogen and oxygen atoms in total. The lowest BCUT2D eigenvalue weighted by Crippen LogP contribution is -2.39. The van der Waals surface area contributed by atoms with Gasteiger partial charge in [0.2, 0.25) is 0 Å². The Labute approximate surface area is 83.5 Å². The molecule has 1 aliphatic rings. The van der Waals surface area contributed by atoms with Crippen LogP contribution in [-0.4, -0.2) is 12.6 Å². The highest BCUT2D eigenvalue weighted by Crippen LogP contribution is 2.26. The normalized spacial score (nSPS) is 25.6. The topological polar surface area (TPSA) is 41.1 Å². The van der Waals surface area contributed by atoms with Crippen molar-refractivity contribution in [3.05, 3.63) is 35.9 Å². The van der Waals surface area contributed by atoms with Gasteiger partial charge in [0.1, 0.15) is 0 Å². The van der Waals surface area contributed by atoms with Gasteiger partial charge in [0.15, 0.2) is 0 Å². The van der Waals surface area contributed by atoms with E-state index in [1.165, 1.54) is 5.56 Å². The third kappa shape index (κ3) is 1.35. The van der Waals surface area contributed by atoms with E-state index in [1.807, 2.05) is 18.2 Å². The number of hydrogen-bond acceptors (Lipinski definition) is 1. The van der Waals surface area contributed by atoms with Gasteiger partial charge in [0.25, 0.3) is 0 Å². The number of urea groups is 1. The first-order chi connectivity index (χ1) is 6.77. The maximum atomic E-state index is 11.2. The van der Waals surface area contributed by atoms with Crippen LogP contribution in [0.25, 0.3) is 0 Å². The van der Waals surface area contributed by atoms with Gasteiger partial charge in [0, 0.05) is 6.54 Å². The summed E-state index contributed by atoms with van der Waals surface area (Å²) in [5.41, 5.74) is 0.957. The lowest BCUT2D eigenvalue weighted by Gasteiger charge is -2.26. The second kappa shape index (κ2) is 3.33. The molecule has 0 saturated carbocycles. The Kier molecular flexibility index (Phi) is 2.15. The molecule has 0 aliphatic carbocycles. The molecule has 14 heavy (non-hydrogen) atoms. The summed E-state index contributed by atoms with van der Waals surface area (Å²) >= 11 is 0. The van der Waals surface area contributed by atoms with Crippen molar-refractivity contribution in [3.63, 3.8) is 0 Å². The number of carbonyl (C=O) groups excluding carboxylic acids is 1. The summed E-state index contributed by atoms with van der Waals surface area (Å²) in [6.07, 6.45) is 0.899. The summed E-state index contributed by atoms with van der Waals surface area (Å²) in [6, 6.07) is 10.0. The second-order valence-electron chi connectivity index (χ2n) is 3.61. The van der Waals surface area contributed by atoms with Gasteiger partial charge in [-0.25, -0.2) is 4.79 Å². The number of hydrogen-bond donors (Lipinski definition) is 2. The van der Waals surface area contributed by atoms with E-state index in [-0.39, 0.29) is 11.6 Å². The number of rotatable bonds is 2. The molecule has 0 unspecified atom stereocenters. The fourth-order valence-corrected chi connectivity index (χ4v) is 1.89. The van der Waals surface area contributed by atoms with Gasteiger partial charge >= 0.3 is 6.03 Å². The van der Waals surface area contributed by atoms with Crippen LogP contribution >= 0.6 is 0 Å². The Balaban J connectivity index is 2.34. The standard InChI is InChI=1S/C11H14N2O/c1-2-11(8-12-10(14)13-11)9-6-4-3-5-7-9/h3-7H,2,8H2,1H3,(H2,12,13,14)/t11-/m0/s1. The number of nitrogens with one attached hydrogen (secondary N) is 2. The molecular formula is C11H14N2O. The van der Waals surface area contributed by atoms with Crippen LogP contribution in [0.3, 0.4) is 0 Å². The minimum absolute atomic E-state index is 0.0734. The molecule has 0 bridgehead atoms. The molecule has 3 heteroatoms. The summed E-state index contributed by atoms with van der Waals surface area (Å²) in [5, 5.41) is 5.79. The summed E-state index contributed by atoms with van der Waals surface area (Å²) in [7, 11) is 0. The first-order valence-corrected chi connectivity index (χ1v) is 4.88. The molecule has 1 saturated heterocycles. The van der Waals surface area contributed by atoms with Crippen molar-refractivity contribution >= 4 is 6.03 Å². The first-order valence-electron chi connectivity index (χ1n) is 4.88. The maximum absolute atomic E-state index is 11.2. The maximum Gasteiger partial charge on any atom is 0.315 e. The van der Waals surface area contributed by atoms with Crippen LogP contribution in [-0.2, 0) is 5.54 Å². The smallest absolute Gasteiger partial charge is 0.315 e. The monoisotopic (exact) mass is 190 g/mol. The molecule has 2 N–H and O–H groups in total. The van der Waals surface area contributed by atoms with Crippen LogP contribution < -0.4 is 10.6 Å². The van der Waals surface area contributed by atoms with Crippen LogP contribution in [0.2, 0.25) is 0 Å². The van der Waals surface area contributed by atoms with E-state index in [0.29, 0.717) is 6.54 Å². The molecule has 1 aliphatic heterocycles. The first kappa shape index (κ1) is 9.06. The van der Waals surface area contributed by atoms with Crippen LogP contribution in [0, 0.1) is 0 Å². The minimum Gasteiger partial charge on any atom is -0.335 e. The Morgan fingerprint density at radius 2 is 2.07 bits per heavy atom. The van der Waals surface area contributed by atoms with Gasteiger partial charge < -0.3 is 10.6 Å². The van der Waals surface area contributed by atoms with Gasteiger partial charge in [-0.1, -0.05) is 37.3 Å². The summed E-state index contributed by atoms with van der Waals surface area (Å²) in [4.78, 5) is 11.2. The van der Waals surface area contributed by atoms with Crippen LogP contribution in [0.5, 0.6) is 0 Å². The van der Waals surface area contributed by atoms with Crippen molar-refractivity contribution in [1.82, 2.24) is 10.6 Å². The minimum atomic E-state index is -0.210. The zero-order chi connectivity index (χ0) is 10.0. The molecule has 1 atom stereocenters. The molecule has 0 aromatic heterocycles. The molecule has 0 radical (unpaired) electrons. The van der Waals surface area contributed by atoms with Gasteiger partial charge in [-0.3, -0.25) is 0 Å². The summed E-state index contributed by atoms with van der Waals surface area (Å²) < 4.78 is 0. The molecule has 1 fully saturated rings. The molecule has 0 spiro atoms. The van der Waals surface area contributed by atoms with E-state index in [4.69, 9.17) is 0 Å². The van der Waals surface area contributed by atoms with Crippen LogP contribution in [0.1, 0.15) is 18.9 Å². The van der Waals surface area contributed by atoms with Crippen molar-refractivity contribution < 1.29 is 4.79 Å². The van der Waals surface area contributed by atoms with E-state index >= 15 is 0 Å². The molecule has 1 aromatic rings. The number of amides is 2. The number of carbonyl (C=O) groups is 1. The quantitative estimate of drug-likeness (QED) is 0.730. The Hall–Kier alpha value is -1.51. The highest BCUT2D eigenvalue weighted by Gasteiger charge is 2.37. The van der Waals surface area contributed by atoms with Crippen LogP contribution in [0.4, 0.5) is 4.79 Å². The highest BCUT2D eigenvalue weighted by atomic mass is 16.2. The Morgan fingerprint density at radius 1 is 1.36 bits per heavy atom. The van der Waals surface area contributed by atoms with Crippen molar-refractivity contribution in [3.8, 4) is 0 Å². The van der Waals surface area contributed by atoms with Gasteiger partial charge in [0.05, 0.1) is 5.54 Å². The van der Waals surface area contributed by atoms with E-state index in [0.717, 1.165) is 6.42 Å². The fourth-order valence-electron chi connectivity index (χ4n) is 1.89. The zero-order valence-electron chi connectivity index (χ0n) is 8.21. The molecule has 1 aromatic carbocycles. The average Bonchev–Trinajstić information content (AvgIpc) is 2.63. The fraction of sp³-hybridized carbons (Fsp3) is 0.364. The Bertz CT molecular complexity index is 336. The van der Waals surface area contributed by atoms with Gasteiger partial charge in [-0.05, 0) is 12.0 Å². The second-order valence-corrected chi connectivity index (χ2v) is 3.61. The predicted molar refractivity (Wildman–Crippen MR) is 54.9 cm³/mol. The van der Waals surface area contributed by atoms with Crippen molar-refractivity contribution in [2.45, 2.75) is 18.9 Å². The van der Waals surface area contributed by atoms with Crippen molar-refractivity contribution in [2.75, 3.05) is 6.54 Å². The van der Waals surface area contributed by atoms with Crippen LogP contribution in [0.15, 0.2) is 30.3 Å². The Morgan fingerprint density at radius 3 is 2.57 bits per heavy atom. The average molecular weight is 190 g/mol. The predicted octanol–water partition coefficient (Wildman–Crippen LogP) is 1.60. The lowest BCUT2D eigenvalue weighted by molar-refractivity contribution is 0.244. The molecule has 1 heterocycles. The highest BCUT2D eigenvalue weighted by molar-refractivity contribution is 5.78. The van der Waals surface area contributed by atoms with Gasteiger partial charge in [-0.2, -0.15) is 0 Å². The molecule has 2 amide bonds. The third-order valence-electron chi connectivity index (χ3n) is 2.83. The van der Waals surface area contributed by atoms with E-state index in [2.05, 4.69) is 29.7 Å². The molecular weight excluding hydrogens is 176 g/mol. The largest absolute Gasteiger partial charge is 0.335 e.